The van der Waals surface area contributed by atoms with E-state index in [-0.39, 0.29) is 22.9 Å². The summed E-state index contributed by atoms with van der Waals surface area (Å²) in [6.07, 6.45) is 0.961. The van der Waals surface area contributed by atoms with Gasteiger partial charge in [0.25, 0.3) is 0 Å². The van der Waals surface area contributed by atoms with Gasteiger partial charge in [0, 0.05) is 5.92 Å². The van der Waals surface area contributed by atoms with Gasteiger partial charge in [-0.15, -0.1) is 0 Å². The maximum absolute atomic E-state index is 13.0. The number of hydrogen-bond donors (Lipinski definition) is 1. The summed E-state index contributed by atoms with van der Waals surface area (Å²) in [5.74, 6) is 0.266. The molecule has 1 N–H and O–H groups in total. The first-order valence-corrected chi connectivity index (χ1v) is 6.12. The molecular weight excluding hydrogens is 241 g/mol. The van der Waals surface area contributed by atoms with Crippen molar-refractivity contribution < 1.29 is 9.18 Å². The normalized spacial score (nSPS) is 24.2. The third kappa shape index (κ3) is 2.78. The fourth-order valence-electron chi connectivity index (χ4n) is 1.87. The Hall–Kier alpha value is -1.09. The molecule has 0 bridgehead atoms. The Kier molecular flexibility index (Phi) is 3.38. The SMILES string of the molecule is C[C@H](NC(=O)[C@@H]1C[C@H]1C)c1ccc(F)c(Cl)c1. The van der Waals surface area contributed by atoms with Crippen molar-refractivity contribution in [2.75, 3.05) is 0 Å². The number of benzene rings is 1. The Labute approximate surface area is 105 Å². The predicted molar refractivity (Wildman–Crippen MR) is 65.2 cm³/mol. The lowest BCUT2D eigenvalue weighted by Gasteiger charge is -2.14. The summed E-state index contributed by atoms with van der Waals surface area (Å²) < 4.78 is 13.0. The van der Waals surface area contributed by atoms with E-state index in [4.69, 9.17) is 11.6 Å². The molecular formula is C13H15ClFNO. The maximum Gasteiger partial charge on any atom is 0.223 e. The molecule has 1 saturated carbocycles. The topological polar surface area (TPSA) is 29.1 Å². The van der Waals surface area contributed by atoms with Gasteiger partial charge in [0.2, 0.25) is 5.91 Å². The highest BCUT2D eigenvalue weighted by molar-refractivity contribution is 6.30. The zero-order chi connectivity index (χ0) is 12.6. The van der Waals surface area contributed by atoms with Crippen molar-refractivity contribution in [2.24, 2.45) is 11.8 Å². The highest BCUT2D eigenvalue weighted by Crippen LogP contribution is 2.38. The lowest BCUT2D eigenvalue weighted by Crippen LogP contribution is -2.28. The number of halogens is 2. The largest absolute Gasteiger partial charge is 0.349 e. The van der Waals surface area contributed by atoms with Crippen LogP contribution >= 0.6 is 11.6 Å². The molecule has 1 aliphatic carbocycles. The summed E-state index contributed by atoms with van der Waals surface area (Å²) in [6, 6.07) is 4.37. The van der Waals surface area contributed by atoms with Gasteiger partial charge in [-0.2, -0.15) is 0 Å². The van der Waals surface area contributed by atoms with Gasteiger partial charge in [0.1, 0.15) is 5.82 Å². The van der Waals surface area contributed by atoms with E-state index in [1.54, 1.807) is 12.1 Å². The van der Waals surface area contributed by atoms with Gasteiger partial charge in [0.05, 0.1) is 11.1 Å². The molecule has 0 heterocycles. The summed E-state index contributed by atoms with van der Waals surface area (Å²) in [6.45, 7) is 3.93. The lowest BCUT2D eigenvalue weighted by atomic mass is 10.1. The molecule has 92 valence electrons. The van der Waals surface area contributed by atoms with Crippen molar-refractivity contribution in [1.82, 2.24) is 5.32 Å². The molecule has 0 aliphatic heterocycles. The molecule has 1 aromatic carbocycles. The van der Waals surface area contributed by atoms with Crippen molar-refractivity contribution in [3.05, 3.63) is 34.6 Å². The van der Waals surface area contributed by atoms with Gasteiger partial charge in [0.15, 0.2) is 0 Å². The molecule has 0 aromatic heterocycles. The highest BCUT2D eigenvalue weighted by Gasteiger charge is 2.39. The van der Waals surface area contributed by atoms with Gasteiger partial charge in [-0.05, 0) is 37.0 Å². The minimum atomic E-state index is -0.440. The Morgan fingerprint density at radius 2 is 2.24 bits per heavy atom. The van der Waals surface area contributed by atoms with Crippen molar-refractivity contribution >= 4 is 17.5 Å². The van der Waals surface area contributed by atoms with Crippen LogP contribution in [-0.2, 0) is 4.79 Å². The second kappa shape index (κ2) is 4.65. The van der Waals surface area contributed by atoms with E-state index < -0.39 is 5.82 Å². The molecule has 3 atom stereocenters. The third-order valence-corrected chi connectivity index (χ3v) is 3.54. The Balaban J connectivity index is 2.01. The summed E-state index contributed by atoms with van der Waals surface area (Å²) in [7, 11) is 0. The van der Waals surface area contributed by atoms with Crippen LogP contribution < -0.4 is 5.32 Å². The molecule has 0 spiro atoms. The van der Waals surface area contributed by atoms with Crippen LogP contribution in [0.3, 0.4) is 0 Å². The summed E-state index contributed by atoms with van der Waals surface area (Å²) in [4.78, 5) is 11.7. The standard InChI is InChI=1S/C13H15ClFNO/c1-7-5-10(7)13(17)16-8(2)9-3-4-12(15)11(14)6-9/h3-4,6-8,10H,5H2,1-2H3,(H,16,17)/t7-,8+,10-/m1/s1. The number of nitrogens with one attached hydrogen (secondary N) is 1. The Morgan fingerprint density at radius 3 is 2.76 bits per heavy atom. The van der Waals surface area contributed by atoms with E-state index in [1.165, 1.54) is 6.07 Å². The molecule has 1 aromatic rings. The predicted octanol–water partition coefficient (Wildman–Crippen LogP) is 3.31. The third-order valence-electron chi connectivity index (χ3n) is 3.25. The molecule has 1 fully saturated rings. The molecule has 2 rings (SSSR count). The Morgan fingerprint density at radius 1 is 1.59 bits per heavy atom. The van der Waals surface area contributed by atoms with E-state index >= 15 is 0 Å². The number of rotatable bonds is 3. The molecule has 1 amide bonds. The average molecular weight is 256 g/mol. The Bertz CT molecular complexity index is 449. The number of carbonyl (C=O) groups is 1. The van der Waals surface area contributed by atoms with Crippen LogP contribution in [0.25, 0.3) is 0 Å². The first-order chi connectivity index (χ1) is 7.99. The van der Waals surface area contributed by atoms with Crippen molar-refractivity contribution in [1.29, 1.82) is 0 Å². The first-order valence-electron chi connectivity index (χ1n) is 5.74. The maximum atomic E-state index is 13.0. The van der Waals surface area contributed by atoms with Gasteiger partial charge < -0.3 is 5.32 Å². The first kappa shape index (κ1) is 12.4. The van der Waals surface area contributed by atoms with E-state index in [2.05, 4.69) is 12.2 Å². The van der Waals surface area contributed by atoms with Crippen LogP contribution in [0.4, 0.5) is 4.39 Å². The molecule has 4 heteroatoms. The van der Waals surface area contributed by atoms with Gasteiger partial charge in [-0.25, -0.2) is 4.39 Å². The zero-order valence-corrected chi connectivity index (χ0v) is 10.6. The van der Waals surface area contributed by atoms with Crippen molar-refractivity contribution in [2.45, 2.75) is 26.3 Å². The van der Waals surface area contributed by atoms with E-state index in [1.807, 2.05) is 6.92 Å². The van der Waals surface area contributed by atoms with Crippen LogP contribution in [0, 0.1) is 17.7 Å². The monoisotopic (exact) mass is 255 g/mol. The van der Waals surface area contributed by atoms with Gasteiger partial charge in [-0.3, -0.25) is 4.79 Å². The quantitative estimate of drug-likeness (QED) is 0.882. The van der Waals surface area contributed by atoms with Crippen LogP contribution in [0.2, 0.25) is 5.02 Å². The summed E-state index contributed by atoms with van der Waals surface area (Å²) in [5, 5.41) is 3.00. The minimum Gasteiger partial charge on any atom is -0.349 e. The van der Waals surface area contributed by atoms with Crippen molar-refractivity contribution in [3.63, 3.8) is 0 Å². The summed E-state index contributed by atoms with van der Waals surface area (Å²) in [5.41, 5.74) is 0.818. The molecule has 2 nitrogen and oxygen atoms in total. The number of amides is 1. The number of hydrogen-bond acceptors (Lipinski definition) is 1. The van der Waals surface area contributed by atoms with E-state index in [0.717, 1.165) is 12.0 Å². The van der Waals surface area contributed by atoms with Crippen LogP contribution in [-0.4, -0.2) is 5.91 Å². The van der Waals surface area contributed by atoms with E-state index in [9.17, 15) is 9.18 Å². The van der Waals surface area contributed by atoms with Gasteiger partial charge >= 0.3 is 0 Å². The number of carbonyl (C=O) groups excluding carboxylic acids is 1. The van der Waals surface area contributed by atoms with Gasteiger partial charge in [-0.1, -0.05) is 24.6 Å². The molecule has 17 heavy (non-hydrogen) atoms. The average Bonchev–Trinajstić information content (AvgIpc) is 2.99. The van der Waals surface area contributed by atoms with E-state index in [0.29, 0.717) is 5.92 Å². The van der Waals surface area contributed by atoms with Crippen molar-refractivity contribution in [3.8, 4) is 0 Å². The van der Waals surface area contributed by atoms with Crippen LogP contribution in [0.1, 0.15) is 31.9 Å². The van der Waals surface area contributed by atoms with Crippen LogP contribution in [0.5, 0.6) is 0 Å². The minimum absolute atomic E-state index is 0.0745. The molecule has 1 aliphatic rings. The second-order valence-electron chi connectivity index (χ2n) is 4.72. The lowest BCUT2D eigenvalue weighted by molar-refractivity contribution is -0.123. The molecule has 0 radical (unpaired) electrons. The zero-order valence-electron chi connectivity index (χ0n) is 9.84. The fourth-order valence-corrected chi connectivity index (χ4v) is 2.06. The summed E-state index contributed by atoms with van der Waals surface area (Å²) >= 11 is 5.70. The highest BCUT2D eigenvalue weighted by atomic mass is 35.5. The fraction of sp³-hybridized carbons (Fsp3) is 0.462. The second-order valence-corrected chi connectivity index (χ2v) is 5.13. The van der Waals surface area contributed by atoms with Crippen LogP contribution in [0.15, 0.2) is 18.2 Å². The molecule has 0 saturated heterocycles. The molecule has 0 unspecified atom stereocenters. The smallest absolute Gasteiger partial charge is 0.223 e.